The Morgan fingerprint density at radius 3 is 1.78 bits per heavy atom. The molecule has 0 amide bonds. The number of rotatable bonds is 2. The lowest BCUT2D eigenvalue weighted by atomic mass is 9.97. The normalized spacial score (nSPS) is 12.0. The molecule has 0 bridgehead atoms. The van der Waals surface area contributed by atoms with Gasteiger partial charge in [0.2, 0.25) is 0 Å². The quantitative estimate of drug-likeness (QED) is 0.257. The Morgan fingerprint density at radius 2 is 1.14 bits per heavy atom. The second kappa shape index (κ2) is 7.09. The zero-order chi connectivity index (χ0) is 23.8. The molecule has 5 aromatic carbocycles. The van der Waals surface area contributed by atoms with Crippen molar-refractivity contribution in [3.8, 4) is 22.5 Å². The first-order valence-corrected chi connectivity index (χ1v) is 12.0. The maximum absolute atomic E-state index is 6.44. The molecule has 4 nitrogen and oxygen atoms in total. The van der Waals surface area contributed by atoms with Crippen molar-refractivity contribution in [1.29, 1.82) is 0 Å². The first kappa shape index (κ1) is 19.5. The van der Waals surface area contributed by atoms with Gasteiger partial charge in [-0.05, 0) is 35.9 Å². The van der Waals surface area contributed by atoms with Crippen LogP contribution in [0.4, 0.5) is 0 Å². The number of nitrogens with zero attached hydrogens (tertiary/aromatic N) is 2. The molecule has 0 atom stereocenters. The van der Waals surface area contributed by atoms with Crippen LogP contribution >= 0.6 is 0 Å². The molecule has 0 aliphatic heterocycles. The predicted octanol–water partition coefficient (Wildman–Crippen LogP) is 8.71. The smallest absolute Gasteiger partial charge is 0.147 e. The van der Waals surface area contributed by atoms with E-state index in [0.717, 1.165) is 77.4 Å². The number of aryl methyl sites for hydroxylation is 1. The minimum atomic E-state index is 0.846. The third-order valence-corrected chi connectivity index (χ3v) is 7.23. The molecule has 170 valence electrons. The van der Waals surface area contributed by atoms with Crippen LogP contribution in [0.3, 0.4) is 0 Å². The van der Waals surface area contributed by atoms with E-state index in [9.17, 15) is 0 Å². The van der Waals surface area contributed by atoms with Crippen molar-refractivity contribution in [2.45, 2.75) is 0 Å². The first-order valence-electron chi connectivity index (χ1n) is 12.0. The summed E-state index contributed by atoms with van der Waals surface area (Å²) in [5.74, 6) is 0.943. The van der Waals surface area contributed by atoms with Gasteiger partial charge in [0, 0.05) is 34.2 Å². The first-order chi connectivity index (χ1) is 17.8. The maximum atomic E-state index is 6.44. The summed E-state index contributed by atoms with van der Waals surface area (Å²) in [5.41, 5.74) is 8.65. The Bertz CT molecular complexity index is 2020. The molecule has 0 unspecified atom stereocenters. The van der Waals surface area contributed by atoms with E-state index in [1.54, 1.807) is 0 Å². The molecule has 0 saturated heterocycles. The highest BCUT2D eigenvalue weighted by Crippen LogP contribution is 2.44. The zero-order valence-corrected chi connectivity index (χ0v) is 19.5. The summed E-state index contributed by atoms with van der Waals surface area (Å²) < 4.78 is 15.0. The summed E-state index contributed by atoms with van der Waals surface area (Å²) >= 11 is 0. The van der Waals surface area contributed by atoms with Gasteiger partial charge in [0.1, 0.15) is 28.2 Å². The van der Waals surface area contributed by atoms with Crippen molar-refractivity contribution in [2.75, 3.05) is 0 Å². The molecule has 4 heteroatoms. The van der Waals surface area contributed by atoms with Crippen LogP contribution in [0.2, 0.25) is 0 Å². The average Bonchev–Trinajstić information content (AvgIpc) is 3.59. The van der Waals surface area contributed by atoms with E-state index in [2.05, 4.69) is 72.3 Å². The Hall–Kier alpha value is -4.83. The lowest BCUT2D eigenvalue weighted by Gasteiger charge is -2.07. The number of hydrogen-bond donors (Lipinski definition) is 0. The van der Waals surface area contributed by atoms with E-state index < -0.39 is 0 Å². The van der Waals surface area contributed by atoms with Gasteiger partial charge in [-0.15, -0.1) is 0 Å². The van der Waals surface area contributed by atoms with Crippen molar-refractivity contribution in [3.63, 3.8) is 0 Å². The summed E-state index contributed by atoms with van der Waals surface area (Å²) in [7, 11) is 2.06. The van der Waals surface area contributed by atoms with Gasteiger partial charge in [-0.3, -0.25) is 0 Å². The van der Waals surface area contributed by atoms with Crippen LogP contribution in [0, 0.1) is 0 Å². The van der Waals surface area contributed by atoms with E-state index in [1.165, 1.54) is 0 Å². The topological polar surface area (TPSA) is 44.1 Å². The molecule has 8 rings (SSSR count). The van der Waals surface area contributed by atoms with Crippen LogP contribution in [-0.4, -0.2) is 9.55 Å². The number of aromatic nitrogens is 2. The van der Waals surface area contributed by atoms with Crippen LogP contribution in [-0.2, 0) is 7.05 Å². The van der Waals surface area contributed by atoms with Gasteiger partial charge in [-0.1, -0.05) is 72.8 Å². The van der Waals surface area contributed by atoms with E-state index >= 15 is 0 Å². The Labute approximate surface area is 206 Å². The van der Waals surface area contributed by atoms with Crippen LogP contribution < -0.4 is 0 Å². The number of hydrogen-bond acceptors (Lipinski definition) is 3. The molecule has 0 fully saturated rings. The van der Waals surface area contributed by atoms with E-state index in [0.29, 0.717) is 0 Å². The van der Waals surface area contributed by atoms with Crippen LogP contribution in [0.5, 0.6) is 0 Å². The van der Waals surface area contributed by atoms with Crippen molar-refractivity contribution >= 4 is 54.9 Å². The Balaban J connectivity index is 1.41. The average molecular weight is 465 g/mol. The van der Waals surface area contributed by atoms with Gasteiger partial charge in [-0.25, -0.2) is 4.98 Å². The summed E-state index contributed by atoms with van der Waals surface area (Å²) in [6.45, 7) is 0. The van der Waals surface area contributed by atoms with Gasteiger partial charge in [0.25, 0.3) is 0 Å². The molecule has 0 N–H and O–H groups in total. The van der Waals surface area contributed by atoms with E-state index in [1.807, 2.05) is 42.5 Å². The van der Waals surface area contributed by atoms with Gasteiger partial charge in [0.05, 0.1) is 16.6 Å². The third kappa shape index (κ3) is 2.61. The lowest BCUT2D eigenvalue weighted by molar-refractivity contribution is 0.658. The highest BCUT2D eigenvalue weighted by atomic mass is 16.3. The van der Waals surface area contributed by atoms with Gasteiger partial charge in [0.15, 0.2) is 0 Å². The predicted molar refractivity (Wildman–Crippen MR) is 146 cm³/mol. The van der Waals surface area contributed by atoms with Crippen LogP contribution in [0.15, 0.2) is 112 Å². The fraction of sp³-hybridized carbons (Fsp3) is 0.0312. The number of fused-ring (bicyclic) bond motifs is 7. The van der Waals surface area contributed by atoms with E-state index in [4.69, 9.17) is 13.8 Å². The zero-order valence-electron chi connectivity index (χ0n) is 19.5. The van der Waals surface area contributed by atoms with Crippen molar-refractivity contribution in [3.05, 3.63) is 103 Å². The van der Waals surface area contributed by atoms with Gasteiger partial charge in [-0.2, -0.15) is 0 Å². The largest absolute Gasteiger partial charge is 0.455 e. The number of furan rings is 2. The second-order valence-corrected chi connectivity index (χ2v) is 9.26. The molecular formula is C32H20N2O2. The SMILES string of the molecule is Cn1c(-c2ccc(-c3c4oc5ccccc5c4cc4c3oc3ccccc34)cc2)nc2ccccc21. The number of para-hydroxylation sites is 4. The Kier molecular flexibility index (Phi) is 3.84. The molecule has 8 aromatic rings. The number of benzene rings is 5. The maximum Gasteiger partial charge on any atom is 0.147 e. The monoisotopic (exact) mass is 464 g/mol. The fourth-order valence-corrected chi connectivity index (χ4v) is 5.49. The molecule has 0 aliphatic carbocycles. The third-order valence-electron chi connectivity index (χ3n) is 7.23. The Morgan fingerprint density at radius 1 is 0.583 bits per heavy atom. The summed E-state index contributed by atoms with van der Waals surface area (Å²) in [6.07, 6.45) is 0. The molecule has 0 saturated carbocycles. The lowest BCUT2D eigenvalue weighted by Crippen LogP contribution is -1.92. The summed E-state index contributed by atoms with van der Waals surface area (Å²) in [6, 6.07) is 35.4. The summed E-state index contributed by atoms with van der Waals surface area (Å²) in [4.78, 5) is 4.87. The highest BCUT2D eigenvalue weighted by molar-refractivity contribution is 6.21. The minimum Gasteiger partial charge on any atom is -0.455 e. The highest BCUT2D eigenvalue weighted by Gasteiger charge is 2.21. The fourth-order valence-electron chi connectivity index (χ4n) is 5.49. The molecule has 0 spiro atoms. The molecule has 3 heterocycles. The minimum absolute atomic E-state index is 0.846. The standard InChI is InChI=1S/C32H20N2O2/c1-34-26-11-5-4-10-25(26)33-32(34)20-16-14-19(15-17-20)29-30-23(21-8-2-6-12-27(21)35-30)18-24-22-9-3-7-13-28(22)36-31(24)29/h2-18H,1H3. The van der Waals surface area contributed by atoms with Crippen molar-refractivity contribution in [2.24, 2.45) is 7.05 Å². The van der Waals surface area contributed by atoms with Gasteiger partial charge < -0.3 is 13.4 Å². The molecule has 36 heavy (non-hydrogen) atoms. The molecule has 3 aromatic heterocycles. The van der Waals surface area contributed by atoms with Gasteiger partial charge >= 0.3 is 0 Å². The molecule has 0 aliphatic rings. The van der Waals surface area contributed by atoms with Crippen molar-refractivity contribution in [1.82, 2.24) is 9.55 Å². The summed E-state index contributed by atoms with van der Waals surface area (Å²) in [5, 5.41) is 4.41. The number of imidazole rings is 1. The van der Waals surface area contributed by atoms with Crippen LogP contribution in [0.25, 0.3) is 77.4 Å². The van der Waals surface area contributed by atoms with Crippen LogP contribution in [0.1, 0.15) is 0 Å². The molecule has 0 radical (unpaired) electrons. The van der Waals surface area contributed by atoms with E-state index in [-0.39, 0.29) is 0 Å². The molecular weight excluding hydrogens is 444 g/mol. The second-order valence-electron chi connectivity index (χ2n) is 9.26. The van der Waals surface area contributed by atoms with Crippen molar-refractivity contribution < 1.29 is 8.83 Å².